The van der Waals surface area contributed by atoms with Gasteiger partial charge in [0, 0.05) is 72.8 Å². The monoisotopic (exact) mass is 1330 g/mol. The van der Waals surface area contributed by atoms with Crippen molar-refractivity contribution in [2.24, 2.45) is 23.5 Å². The van der Waals surface area contributed by atoms with Gasteiger partial charge in [0.05, 0.1) is 43.4 Å². The fraction of sp³-hybridized carbons (Fsp3) is 0.508. The van der Waals surface area contributed by atoms with E-state index in [9.17, 15) is 82.4 Å². The van der Waals surface area contributed by atoms with Crippen LogP contribution in [-0.2, 0) is 80.2 Å². The number of aliphatic hydroxyl groups excluding tert-OH is 3. The van der Waals surface area contributed by atoms with E-state index < -0.39 is 207 Å². The van der Waals surface area contributed by atoms with Gasteiger partial charge in [-0.25, -0.2) is 0 Å². The van der Waals surface area contributed by atoms with Gasteiger partial charge >= 0.3 is 0 Å². The zero-order chi connectivity index (χ0) is 68.8. The molecular formula is C61H80N14O18S. The number of thioether (sulfide) groups is 1. The van der Waals surface area contributed by atoms with Crippen molar-refractivity contribution in [1.82, 2.24) is 62.6 Å². The van der Waals surface area contributed by atoms with Crippen molar-refractivity contribution >= 4 is 111 Å². The number of nitrogens with zero attached hydrogens (tertiary/aromatic N) is 2. The summed E-state index contributed by atoms with van der Waals surface area (Å²) in [6.45, 7) is 6.42. The number of nitrogens with one attached hydrogen (secondary N) is 11. The maximum atomic E-state index is 14.9. The summed E-state index contributed by atoms with van der Waals surface area (Å²) in [5, 5.41) is 58.3. The number of H-pyrrole nitrogens is 1. The number of carbonyl (C=O) groups is 14. The number of ether oxygens (including phenoxy) is 1. The second-order valence-corrected chi connectivity index (χ2v) is 24.9. The van der Waals surface area contributed by atoms with E-state index in [1.165, 1.54) is 13.8 Å². The molecule has 33 heteroatoms. The highest BCUT2D eigenvalue weighted by atomic mass is 32.2. The molecule has 94 heavy (non-hydrogen) atoms. The van der Waals surface area contributed by atoms with Crippen LogP contribution in [0.25, 0.3) is 10.9 Å². The topological polar surface area (TPSA) is 477 Å². The minimum atomic E-state index is -1.81. The Labute approximate surface area is 543 Å². The van der Waals surface area contributed by atoms with Crippen molar-refractivity contribution in [2.75, 3.05) is 43.9 Å². The number of imide groups is 1. The lowest BCUT2D eigenvalue weighted by Crippen LogP contribution is -2.62. The van der Waals surface area contributed by atoms with Crippen molar-refractivity contribution in [3.8, 4) is 5.75 Å². The minimum Gasteiger partial charge on any atom is -0.489 e. The van der Waals surface area contributed by atoms with Crippen LogP contribution < -0.4 is 63.6 Å². The summed E-state index contributed by atoms with van der Waals surface area (Å²) in [6.07, 6.45) is -2.41. The van der Waals surface area contributed by atoms with Gasteiger partial charge in [0.1, 0.15) is 60.7 Å². The molecule has 0 saturated carbocycles. The first-order valence-electron chi connectivity index (χ1n) is 30.6. The second-order valence-electron chi connectivity index (χ2n) is 23.8. The first-order valence-corrected chi connectivity index (χ1v) is 31.6. The van der Waals surface area contributed by atoms with E-state index >= 15 is 0 Å². The molecule has 0 aliphatic carbocycles. The smallest absolute Gasteiger partial charge is 0.253 e. The lowest BCUT2D eigenvalue weighted by Gasteiger charge is -2.32. The third-order valence-corrected chi connectivity index (χ3v) is 17.6. The molecule has 0 spiro atoms. The average Bonchev–Trinajstić information content (AvgIpc) is 1.63. The third-order valence-electron chi connectivity index (χ3n) is 16.5. The summed E-state index contributed by atoms with van der Waals surface area (Å²) in [5.74, 6) is -14.2. The molecule has 4 aliphatic heterocycles. The number of primary amides is 1. The second kappa shape index (κ2) is 32.4. The highest BCUT2D eigenvalue weighted by Gasteiger charge is 2.45. The Kier molecular flexibility index (Phi) is 24.8. The summed E-state index contributed by atoms with van der Waals surface area (Å²) in [6, 6.07) is -0.491. The Bertz CT molecular complexity index is 3430. The Morgan fingerprint density at radius 1 is 0.766 bits per heavy atom. The van der Waals surface area contributed by atoms with E-state index in [4.69, 9.17) is 10.5 Å². The molecule has 16 N–H and O–H groups in total. The first kappa shape index (κ1) is 72.0. The number of aromatic nitrogens is 1. The van der Waals surface area contributed by atoms with Gasteiger partial charge in [-0.2, -0.15) is 0 Å². The predicted molar refractivity (Wildman–Crippen MR) is 334 cm³/mol. The molecule has 1 aromatic heterocycles. The van der Waals surface area contributed by atoms with Crippen LogP contribution in [0.1, 0.15) is 78.4 Å². The standard InChI is InChI=1S/C61H80N14O18S/c1-7-29(4)51-57(89)64-22-46(81)67-41-27-94-60-37(20-39(54(86)63-23-47(82)72-51)68-59(91)52(30(5)43(78)25-76)73-56(88)42-18-34(77)24-75(42)61(92)40(21-44(62)79)69-55(41)87)36-19-35(12-13-38(36)70-60)93-26-32-8-10-33(11-9-32)66-53(85)31(6)65-58(90)50(28(2)3)71-45(80)16-17-74-48(83)14-15-49(74)84/h8-15,19,28-31,34,39-43,50-52,70,76-78H,7,16-18,20-27H2,1-6H3,(H2,62,79)(H,63,86)(H,64,89)(H,65,90)(H,66,85)(H,67,81)(H,68,91)(H,69,87)(H,71,80)(H,72,82)(H,73,88)/t29-,30-,31-,34+,39?,40-,41?,42-,43-,50+,51-,52-/m0/s1. The van der Waals surface area contributed by atoms with E-state index in [1.54, 1.807) is 70.2 Å². The quantitative estimate of drug-likeness (QED) is 0.0507. The number of benzene rings is 2. The highest BCUT2D eigenvalue weighted by Crippen LogP contribution is 2.35. The molecule has 2 bridgehead atoms. The van der Waals surface area contributed by atoms with Gasteiger partial charge in [0.25, 0.3) is 11.8 Å². The van der Waals surface area contributed by atoms with Crippen LogP contribution in [-0.4, -0.2) is 212 Å². The molecular weight excluding hydrogens is 1250 g/mol. The molecule has 1 fully saturated rings. The normalized spacial score (nSPS) is 23.6. The van der Waals surface area contributed by atoms with Gasteiger partial charge in [0.15, 0.2) is 0 Å². The van der Waals surface area contributed by atoms with Crippen LogP contribution in [0.3, 0.4) is 0 Å². The van der Waals surface area contributed by atoms with Crippen LogP contribution in [0.5, 0.6) is 5.75 Å². The van der Waals surface area contributed by atoms with Crippen molar-refractivity contribution < 1.29 is 87.2 Å². The number of hydrogen-bond acceptors (Lipinski definition) is 19. The van der Waals surface area contributed by atoms with Gasteiger partial charge in [-0.1, -0.05) is 53.2 Å². The predicted octanol–water partition coefficient (Wildman–Crippen LogP) is -4.16. The van der Waals surface area contributed by atoms with Crippen molar-refractivity contribution in [3.63, 3.8) is 0 Å². The number of anilines is 1. The van der Waals surface area contributed by atoms with Crippen molar-refractivity contribution in [1.29, 1.82) is 0 Å². The fourth-order valence-corrected chi connectivity index (χ4v) is 11.9. The van der Waals surface area contributed by atoms with Gasteiger partial charge in [-0.3, -0.25) is 72.0 Å². The number of carbonyl (C=O) groups excluding carboxylic acids is 14. The van der Waals surface area contributed by atoms with Crippen molar-refractivity contribution in [3.05, 3.63) is 65.7 Å². The molecule has 5 heterocycles. The highest BCUT2D eigenvalue weighted by molar-refractivity contribution is 7.99. The number of aliphatic hydroxyl groups is 3. The Hall–Kier alpha value is -9.47. The zero-order valence-corrected chi connectivity index (χ0v) is 53.3. The Morgan fingerprint density at radius 2 is 1.44 bits per heavy atom. The number of hydrogen-bond donors (Lipinski definition) is 15. The molecule has 4 aliphatic rings. The van der Waals surface area contributed by atoms with Crippen LogP contribution in [0.4, 0.5) is 5.69 Å². The van der Waals surface area contributed by atoms with Crippen LogP contribution in [0.2, 0.25) is 0 Å². The molecule has 1 saturated heterocycles. The van der Waals surface area contributed by atoms with Gasteiger partial charge in [-0.05, 0) is 60.2 Å². The molecule has 0 radical (unpaired) electrons. The van der Waals surface area contributed by atoms with Gasteiger partial charge in [-0.15, -0.1) is 11.8 Å². The van der Waals surface area contributed by atoms with E-state index in [0.717, 1.165) is 33.7 Å². The average molecular weight is 1330 g/mol. The van der Waals surface area contributed by atoms with Crippen molar-refractivity contribution in [2.45, 2.75) is 146 Å². The maximum Gasteiger partial charge on any atom is 0.253 e. The number of fused-ring (bicyclic) bond motifs is 5. The van der Waals surface area contributed by atoms with Crippen LogP contribution >= 0.6 is 11.8 Å². The largest absolute Gasteiger partial charge is 0.489 e. The number of nitrogens with two attached hydrogens (primary N) is 1. The molecule has 2 aromatic carbocycles. The van der Waals surface area contributed by atoms with Gasteiger partial charge in [0.2, 0.25) is 70.9 Å². The summed E-state index contributed by atoms with van der Waals surface area (Å²) < 4.78 is 6.27. The molecule has 14 amide bonds. The van der Waals surface area contributed by atoms with E-state index in [1.807, 2.05) is 0 Å². The maximum absolute atomic E-state index is 14.9. The third kappa shape index (κ3) is 18.6. The molecule has 2 unspecified atom stereocenters. The SMILES string of the molecule is CC[C@H](C)[C@@H]1NC(=O)CNC(=O)C2Cc3c([nH]c4ccc(OCc5ccc(NC(=O)[C@H](C)NC(=O)[C@H](NC(=O)CCN6C(=O)C=CC6=O)C(C)C)cc5)cc34)SCC(NC(=O)CNC1=O)C(=O)N[C@@H](CC(N)=O)C(=O)N1C[C@H](O)C[C@H]1C(=O)N[C@@H]([C@@H](C)[C@@H](O)CO)C(=O)N2. The zero-order valence-electron chi connectivity index (χ0n) is 52.5. The Balaban J connectivity index is 1.19. The summed E-state index contributed by atoms with van der Waals surface area (Å²) >= 11 is 0.934. The van der Waals surface area contributed by atoms with Gasteiger partial charge < -0.3 is 88.8 Å². The molecule has 7 rings (SSSR count). The fourth-order valence-electron chi connectivity index (χ4n) is 10.8. The number of amides is 14. The number of aromatic amines is 1. The molecule has 508 valence electrons. The lowest BCUT2D eigenvalue weighted by atomic mass is 9.93. The van der Waals surface area contributed by atoms with E-state index in [-0.39, 0.29) is 41.7 Å². The van der Waals surface area contributed by atoms with Crippen LogP contribution in [0, 0.1) is 17.8 Å². The lowest BCUT2D eigenvalue weighted by molar-refractivity contribution is -0.144. The summed E-state index contributed by atoms with van der Waals surface area (Å²) in [5.41, 5.74) is 7.25. The summed E-state index contributed by atoms with van der Waals surface area (Å²) in [7, 11) is 0. The molecule has 12 atom stereocenters. The van der Waals surface area contributed by atoms with E-state index in [2.05, 4.69) is 58.2 Å². The van der Waals surface area contributed by atoms with E-state index in [0.29, 0.717) is 28.6 Å². The number of rotatable bonds is 19. The minimum absolute atomic E-state index is 0.0583. The van der Waals surface area contributed by atoms with Crippen LogP contribution in [0.15, 0.2) is 59.6 Å². The molecule has 32 nitrogen and oxygen atoms in total. The first-order chi connectivity index (χ1) is 44.5. The summed E-state index contributed by atoms with van der Waals surface area (Å²) in [4.78, 5) is 195. The molecule has 3 aromatic rings. The Morgan fingerprint density at radius 3 is 2.09 bits per heavy atom.